The third-order valence-corrected chi connectivity index (χ3v) is 4.01. The highest BCUT2D eigenvalue weighted by atomic mass is 16.6. The zero-order chi connectivity index (χ0) is 18.9. The Morgan fingerprint density at radius 2 is 2.04 bits per heavy atom. The SMILES string of the molecule is C#CC1CC=CCN1C(=O)OCc1ccccc1.c1cnc2ccnn2c1. The maximum atomic E-state index is 11.9. The summed E-state index contributed by atoms with van der Waals surface area (Å²) in [7, 11) is 0. The molecule has 3 heterocycles. The van der Waals surface area contributed by atoms with E-state index in [1.807, 2.05) is 60.8 Å². The van der Waals surface area contributed by atoms with Crippen molar-refractivity contribution in [3.63, 3.8) is 0 Å². The number of aromatic nitrogens is 3. The number of ether oxygens (including phenoxy) is 1. The molecular weight excluding hydrogens is 340 g/mol. The Morgan fingerprint density at radius 3 is 2.81 bits per heavy atom. The molecule has 3 aromatic rings. The van der Waals surface area contributed by atoms with Crippen molar-refractivity contribution in [1.82, 2.24) is 19.5 Å². The molecule has 4 rings (SSSR count). The number of carbonyl (C=O) groups excluding carboxylic acids is 1. The minimum atomic E-state index is -0.355. The number of hydrogen-bond donors (Lipinski definition) is 0. The molecule has 0 bridgehead atoms. The van der Waals surface area contributed by atoms with Gasteiger partial charge in [0, 0.05) is 25.0 Å². The van der Waals surface area contributed by atoms with Crippen molar-refractivity contribution in [2.45, 2.75) is 19.1 Å². The summed E-state index contributed by atoms with van der Waals surface area (Å²) >= 11 is 0. The maximum absolute atomic E-state index is 11.9. The second-order valence-electron chi connectivity index (χ2n) is 5.84. The van der Waals surface area contributed by atoms with Crippen molar-refractivity contribution in [1.29, 1.82) is 0 Å². The van der Waals surface area contributed by atoms with Crippen LogP contribution in [-0.4, -0.2) is 38.2 Å². The van der Waals surface area contributed by atoms with E-state index in [-0.39, 0.29) is 18.7 Å². The zero-order valence-electron chi connectivity index (χ0n) is 14.8. The lowest BCUT2D eigenvalue weighted by Gasteiger charge is -2.28. The molecular formula is C21H20N4O2. The van der Waals surface area contributed by atoms with E-state index in [1.165, 1.54) is 0 Å². The van der Waals surface area contributed by atoms with Gasteiger partial charge in [0.1, 0.15) is 6.61 Å². The van der Waals surface area contributed by atoms with E-state index in [1.54, 1.807) is 21.8 Å². The highest BCUT2D eigenvalue weighted by molar-refractivity contribution is 5.69. The Hall–Kier alpha value is -3.59. The van der Waals surface area contributed by atoms with Gasteiger partial charge in [-0.05, 0) is 18.1 Å². The second kappa shape index (κ2) is 9.20. The van der Waals surface area contributed by atoms with Gasteiger partial charge in [-0.3, -0.25) is 4.90 Å². The summed E-state index contributed by atoms with van der Waals surface area (Å²) in [5, 5.41) is 3.97. The van der Waals surface area contributed by atoms with Gasteiger partial charge in [-0.2, -0.15) is 5.10 Å². The number of hydrogen-bond acceptors (Lipinski definition) is 4. The van der Waals surface area contributed by atoms with E-state index < -0.39 is 0 Å². The van der Waals surface area contributed by atoms with Crippen LogP contribution in [0.4, 0.5) is 4.79 Å². The Balaban J connectivity index is 0.000000193. The predicted molar refractivity (Wildman–Crippen MR) is 103 cm³/mol. The zero-order valence-corrected chi connectivity index (χ0v) is 14.8. The molecule has 27 heavy (non-hydrogen) atoms. The summed E-state index contributed by atoms with van der Waals surface area (Å²) < 4.78 is 6.98. The van der Waals surface area contributed by atoms with Crippen LogP contribution in [0.25, 0.3) is 5.65 Å². The van der Waals surface area contributed by atoms with Crippen molar-refractivity contribution < 1.29 is 9.53 Å². The average molecular weight is 360 g/mol. The van der Waals surface area contributed by atoms with Gasteiger partial charge in [-0.1, -0.05) is 48.4 Å². The smallest absolute Gasteiger partial charge is 0.411 e. The summed E-state index contributed by atoms with van der Waals surface area (Å²) in [6.07, 6.45) is 15.0. The van der Waals surface area contributed by atoms with Crippen LogP contribution in [0.3, 0.4) is 0 Å². The lowest BCUT2D eigenvalue weighted by atomic mass is 10.1. The van der Waals surface area contributed by atoms with Gasteiger partial charge in [-0.25, -0.2) is 14.3 Å². The summed E-state index contributed by atoms with van der Waals surface area (Å²) in [5.41, 5.74) is 1.85. The molecule has 6 heteroatoms. The minimum absolute atomic E-state index is 0.196. The fourth-order valence-electron chi connectivity index (χ4n) is 2.59. The molecule has 1 aromatic carbocycles. The lowest BCUT2D eigenvalue weighted by molar-refractivity contribution is 0.0917. The van der Waals surface area contributed by atoms with Crippen molar-refractivity contribution in [3.8, 4) is 12.3 Å². The molecule has 0 fully saturated rings. The summed E-state index contributed by atoms with van der Waals surface area (Å²) in [4.78, 5) is 17.5. The quantitative estimate of drug-likeness (QED) is 0.520. The van der Waals surface area contributed by atoms with Crippen molar-refractivity contribution in [3.05, 3.63) is 78.8 Å². The standard InChI is InChI=1S/C15H15NO2.C6H5N3/c1-2-14-10-6-7-11-16(14)15(17)18-12-13-8-4-3-5-9-13;1-3-7-6-2-4-8-9(6)5-1/h1,3-9,14H,10-12H2;1-5H. The number of fused-ring (bicyclic) bond motifs is 1. The van der Waals surface area contributed by atoms with Crippen molar-refractivity contribution in [2.24, 2.45) is 0 Å². The first-order valence-corrected chi connectivity index (χ1v) is 8.61. The molecule has 136 valence electrons. The third kappa shape index (κ3) is 4.95. The monoisotopic (exact) mass is 360 g/mol. The highest BCUT2D eigenvalue weighted by Gasteiger charge is 2.23. The first-order valence-electron chi connectivity index (χ1n) is 8.61. The normalized spacial score (nSPS) is 15.5. The number of amides is 1. The van der Waals surface area contributed by atoms with Crippen molar-refractivity contribution in [2.75, 3.05) is 6.54 Å². The minimum Gasteiger partial charge on any atom is -0.445 e. The fourth-order valence-corrected chi connectivity index (χ4v) is 2.59. The Bertz CT molecular complexity index is 913. The van der Waals surface area contributed by atoms with E-state index in [0.29, 0.717) is 13.0 Å². The van der Waals surface area contributed by atoms with Crippen LogP contribution in [0.1, 0.15) is 12.0 Å². The summed E-state index contributed by atoms with van der Waals surface area (Å²) in [6, 6.07) is 13.1. The molecule has 0 radical (unpaired) electrons. The summed E-state index contributed by atoms with van der Waals surface area (Å²) in [5.74, 6) is 2.61. The molecule has 0 saturated carbocycles. The van der Waals surface area contributed by atoms with Gasteiger partial charge in [0.25, 0.3) is 0 Å². The van der Waals surface area contributed by atoms with Crippen LogP contribution in [-0.2, 0) is 11.3 Å². The molecule has 0 aliphatic carbocycles. The molecule has 1 atom stereocenters. The topological polar surface area (TPSA) is 59.7 Å². The molecule has 2 aromatic heterocycles. The van der Waals surface area contributed by atoms with Gasteiger partial charge in [0.2, 0.25) is 0 Å². The number of carbonyl (C=O) groups is 1. The number of benzene rings is 1. The molecule has 6 nitrogen and oxygen atoms in total. The Kier molecular flexibility index (Phi) is 6.21. The van der Waals surface area contributed by atoms with Crippen LogP contribution in [0.5, 0.6) is 0 Å². The first-order chi connectivity index (χ1) is 13.3. The van der Waals surface area contributed by atoms with Crippen molar-refractivity contribution >= 4 is 11.7 Å². The molecule has 1 aliphatic heterocycles. The largest absolute Gasteiger partial charge is 0.445 e. The van der Waals surface area contributed by atoms with Crippen LogP contribution in [0, 0.1) is 12.3 Å². The predicted octanol–water partition coefficient (Wildman–Crippen LogP) is 3.32. The lowest BCUT2D eigenvalue weighted by Crippen LogP contribution is -2.41. The maximum Gasteiger partial charge on any atom is 0.411 e. The van der Waals surface area contributed by atoms with Gasteiger partial charge in [0.15, 0.2) is 5.65 Å². The molecule has 0 spiro atoms. The summed E-state index contributed by atoms with van der Waals surface area (Å²) in [6.45, 7) is 0.791. The number of rotatable bonds is 2. The Morgan fingerprint density at radius 1 is 1.19 bits per heavy atom. The first kappa shape index (κ1) is 18.2. The fraction of sp³-hybridized carbons (Fsp3) is 0.190. The van der Waals surface area contributed by atoms with Crippen LogP contribution < -0.4 is 0 Å². The van der Waals surface area contributed by atoms with Crippen LogP contribution in [0.2, 0.25) is 0 Å². The average Bonchev–Trinajstić information content (AvgIpc) is 3.22. The third-order valence-electron chi connectivity index (χ3n) is 4.01. The van der Waals surface area contributed by atoms with Crippen LogP contribution in [0.15, 0.2) is 73.2 Å². The van der Waals surface area contributed by atoms with Gasteiger partial charge < -0.3 is 4.74 Å². The van der Waals surface area contributed by atoms with Gasteiger partial charge >= 0.3 is 6.09 Å². The van der Waals surface area contributed by atoms with Crippen LogP contribution >= 0.6 is 0 Å². The Labute approximate surface area is 158 Å². The molecule has 0 saturated heterocycles. The molecule has 0 N–H and O–H groups in total. The molecule has 1 aliphatic rings. The van der Waals surface area contributed by atoms with E-state index in [2.05, 4.69) is 16.0 Å². The number of terminal acetylenes is 1. The van der Waals surface area contributed by atoms with E-state index in [4.69, 9.17) is 11.2 Å². The van der Waals surface area contributed by atoms with E-state index in [9.17, 15) is 4.79 Å². The van der Waals surface area contributed by atoms with E-state index in [0.717, 1.165) is 11.2 Å². The van der Waals surface area contributed by atoms with Gasteiger partial charge in [-0.15, -0.1) is 6.42 Å². The second-order valence-corrected chi connectivity index (χ2v) is 5.84. The number of nitrogens with zero attached hydrogens (tertiary/aromatic N) is 4. The molecule has 1 unspecified atom stereocenters. The molecule has 1 amide bonds. The van der Waals surface area contributed by atoms with Gasteiger partial charge in [0.05, 0.1) is 12.2 Å². The van der Waals surface area contributed by atoms with E-state index >= 15 is 0 Å². The highest BCUT2D eigenvalue weighted by Crippen LogP contribution is 2.13.